The van der Waals surface area contributed by atoms with Gasteiger partial charge in [-0.1, -0.05) is 29.8 Å². The number of carbonyl (C=O) groups is 2. The van der Waals surface area contributed by atoms with Crippen LogP contribution in [-0.4, -0.2) is 54.0 Å². The number of amides is 3. The SMILES string of the molecule is Cc1ccc([C@]2(C)NC(=O)N([C@@H]3CS(=O)(=O)C[C@@H]3O)C2=O)cc1. The molecule has 1 aromatic rings. The van der Waals surface area contributed by atoms with Crippen LogP contribution in [0.25, 0.3) is 0 Å². The van der Waals surface area contributed by atoms with Crippen LogP contribution in [0, 0.1) is 6.92 Å². The van der Waals surface area contributed by atoms with Crippen LogP contribution < -0.4 is 5.32 Å². The van der Waals surface area contributed by atoms with Crippen LogP contribution in [0.5, 0.6) is 0 Å². The second kappa shape index (κ2) is 5.04. The first-order chi connectivity index (χ1) is 10.6. The van der Waals surface area contributed by atoms with Crippen LogP contribution in [0.2, 0.25) is 0 Å². The van der Waals surface area contributed by atoms with E-state index in [1.807, 2.05) is 19.1 Å². The van der Waals surface area contributed by atoms with Gasteiger partial charge in [0.25, 0.3) is 5.91 Å². The molecule has 2 aliphatic rings. The Morgan fingerprint density at radius 2 is 1.83 bits per heavy atom. The number of rotatable bonds is 2. The highest BCUT2D eigenvalue weighted by Crippen LogP contribution is 2.32. The lowest BCUT2D eigenvalue weighted by Gasteiger charge is -2.25. The van der Waals surface area contributed by atoms with Crippen LogP contribution in [-0.2, 0) is 20.2 Å². The molecule has 3 amide bonds. The Hall–Kier alpha value is -1.93. The number of hydrogen-bond donors (Lipinski definition) is 2. The molecule has 23 heavy (non-hydrogen) atoms. The molecule has 2 N–H and O–H groups in total. The maximum Gasteiger partial charge on any atom is 0.325 e. The van der Waals surface area contributed by atoms with Gasteiger partial charge in [0.05, 0.1) is 23.7 Å². The molecule has 0 aliphatic carbocycles. The Bertz CT molecular complexity index is 774. The number of aliphatic hydroxyl groups excluding tert-OH is 1. The normalized spacial score (nSPS) is 33.1. The quantitative estimate of drug-likeness (QED) is 0.734. The minimum atomic E-state index is -3.46. The number of aliphatic hydroxyl groups is 1. The summed E-state index contributed by atoms with van der Waals surface area (Å²) >= 11 is 0. The molecule has 7 nitrogen and oxygen atoms in total. The lowest BCUT2D eigenvalue weighted by atomic mass is 9.91. The van der Waals surface area contributed by atoms with Crippen molar-refractivity contribution >= 4 is 21.8 Å². The van der Waals surface area contributed by atoms with Crippen LogP contribution in [0.3, 0.4) is 0 Å². The van der Waals surface area contributed by atoms with E-state index in [-0.39, 0.29) is 0 Å². The Kier molecular flexibility index (Phi) is 3.49. The zero-order chi connectivity index (χ0) is 17.0. The van der Waals surface area contributed by atoms with E-state index in [1.54, 1.807) is 19.1 Å². The van der Waals surface area contributed by atoms with Crippen molar-refractivity contribution in [2.75, 3.05) is 11.5 Å². The van der Waals surface area contributed by atoms with Gasteiger partial charge in [-0.05, 0) is 19.4 Å². The highest BCUT2D eigenvalue weighted by atomic mass is 32.2. The first kappa shape index (κ1) is 15.9. The Morgan fingerprint density at radius 3 is 2.35 bits per heavy atom. The Balaban J connectivity index is 1.95. The lowest BCUT2D eigenvalue weighted by Crippen LogP contribution is -2.48. The van der Waals surface area contributed by atoms with E-state index in [0.29, 0.717) is 5.56 Å². The largest absolute Gasteiger partial charge is 0.390 e. The monoisotopic (exact) mass is 338 g/mol. The molecule has 0 aromatic heterocycles. The molecule has 0 unspecified atom stereocenters. The van der Waals surface area contributed by atoms with Gasteiger partial charge in [-0.15, -0.1) is 0 Å². The van der Waals surface area contributed by atoms with Gasteiger partial charge in [-0.3, -0.25) is 9.69 Å². The standard InChI is InChI=1S/C15H18N2O5S/c1-9-3-5-10(6-4-9)15(2)13(19)17(14(20)16-15)11-7-23(21,22)8-12(11)18/h3-6,11-12,18H,7-8H2,1-2H3,(H,16,20)/t11-,12+,15+/m1/s1. The third-order valence-corrected chi connectivity index (χ3v) is 6.18. The third-order valence-electron chi connectivity index (χ3n) is 4.48. The second-order valence-electron chi connectivity index (χ2n) is 6.31. The summed E-state index contributed by atoms with van der Waals surface area (Å²) in [5, 5.41) is 12.6. The fourth-order valence-corrected chi connectivity index (χ4v) is 4.87. The molecular formula is C15H18N2O5S. The fourth-order valence-electron chi connectivity index (χ4n) is 3.10. The van der Waals surface area contributed by atoms with Crippen molar-refractivity contribution in [1.29, 1.82) is 0 Å². The Morgan fingerprint density at radius 1 is 1.22 bits per heavy atom. The van der Waals surface area contributed by atoms with Gasteiger partial charge in [-0.25, -0.2) is 13.2 Å². The minimum absolute atomic E-state index is 0.405. The van der Waals surface area contributed by atoms with E-state index in [2.05, 4.69) is 5.32 Å². The number of hydrogen-bond acceptors (Lipinski definition) is 5. The van der Waals surface area contributed by atoms with Gasteiger partial charge in [0.15, 0.2) is 9.84 Å². The van der Waals surface area contributed by atoms with Gasteiger partial charge in [0.2, 0.25) is 0 Å². The van der Waals surface area contributed by atoms with Gasteiger partial charge in [0.1, 0.15) is 5.54 Å². The molecule has 124 valence electrons. The van der Waals surface area contributed by atoms with E-state index >= 15 is 0 Å². The maximum atomic E-state index is 12.8. The van der Waals surface area contributed by atoms with Crippen molar-refractivity contribution in [3.63, 3.8) is 0 Å². The smallest absolute Gasteiger partial charge is 0.325 e. The molecule has 8 heteroatoms. The van der Waals surface area contributed by atoms with E-state index < -0.39 is 51.0 Å². The summed E-state index contributed by atoms with van der Waals surface area (Å²) in [4.78, 5) is 25.9. The average molecular weight is 338 g/mol. The Labute approximate surface area is 134 Å². The summed E-state index contributed by atoms with van der Waals surface area (Å²) in [7, 11) is -3.46. The molecule has 0 spiro atoms. The van der Waals surface area contributed by atoms with Gasteiger partial charge < -0.3 is 10.4 Å². The highest BCUT2D eigenvalue weighted by Gasteiger charge is 2.55. The van der Waals surface area contributed by atoms with Crippen molar-refractivity contribution in [3.05, 3.63) is 35.4 Å². The predicted octanol–water partition coefficient (Wildman–Crippen LogP) is -0.0801. The number of carbonyl (C=O) groups excluding carboxylic acids is 2. The first-order valence-electron chi connectivity index (χ1n) is 7.25. The summed E-state index contributed by atoms with van der Waals surface area (Å²) in [6.07, 6.45) is -1.25. The van der Waals surface area contributed by atoms with Crippen molar-refractivity contribution in [1.82, 2.24) is 10.2 Å². The molecule has 3 atom stereocenters. The number of urea groups is 1. The summed E-state index contributed by atoms with van der Waals surface area (Å²) in [5.41, 5.74) is 0.360. The highest BCUT2D eigenvalue weighted by molar-refractivity contribution is 7.91. The van der Waals surface area contributed by atoms with Gasteiger partial charge in [-0.2, -0.15) is 0 Å². The zero-order valence-electron chi connectivity index (χ0n) is 12.8. The number of aryl methyl sites for hydroxylation is 1. The molecule has 2 aliphatic heterocycles. The first-order valence-corrected chi connectivity index (χ1v) is 9.08. The van der Waals surface area contributed by atoms with Crippen LogP contribution >= 0.6 is 0 Å². The average Bonchev–Trinajstić information content (AvgIpc) is 2.84. The molecule has 0 bridgehead atoms. The van der Waals surface area contributed by atoms with Crippen molar-refractivity contribution in [2.45, 2.75) is 31.5 Å². The number of benzene rings is 1. The van der Waals surface area contributed by atoms with E-state index in [4.69, 9.17) is 0 Å². The number of nitrogens with zero attached hydrogens (tertiary/aromatic N) is 1. The summed E-state index contributed by atoms with van der Waals surface area (Å²) in [5.74, 6) is -1.39. The third kappa shape index (κ3) is 2.51. The molecular weight excluding hydrogens is 320 g/mol. The summed E-state index contributed by atoms with van der Waals surface area (Å²) in [6.45, 7) is 3.49. The minimum Gasteiger partial charge on any atom is -0.390 e. The molecule has 3 rings (SSSR count). The molecule has 1 aromatic carbocycles. The molecule has 2 heterocycles. The van der Waals surface area contributed by atoms with Crippen molar-refractivity contribution in [3.8, 4) is 0 Å². The molecule has 2 saturated heterocycles. The fraction of sp³-hybridized carbons (Fsp3) is 0.467. The maximum absolute atomic E-state index is 12.8. The number of imide groups is 1. The van der Waals surface area contributed by atoms with Crippen LogP contribution in [0.1, 0.15) is 18.1 Å². The topological polar surface area (TPSA) is 104 Å². The predicted molar refractivity (Wildman–Crippen MR) is 82.4 cm³/mol. The van der Waals surface area contributed by atoms with E-state index in [9.17, 15) is 23.1 Å². The van der Waals surface area contributed by atoms with Gasteiger partial charge in [0, 0.05) is 0 Å². The molecule has 0 saturated carbocycles. The van der Waals surface area contributed by atoms with Gasteiger partial charge >= 0.3 is 6.03 Å². The second-order valence-corrected chi connectivity index (χ2v) is 8.46. The number of nitrogens with one attached hydrogen (secondary N) is 1. The number of sulfone groups is 1. The van der Waals surface area contributed by atoms with Crippen molar-refractivity contribution in [2.24, 2.45) is 0 Å². The lowest BCUT2D eigenvalue weighted by molar-refractivity contribution is -0.133. The van der Waals surface area contributed by atoms with E-state index in [0.717, 1.165) is 10.5 Å². The zero-order valence-corrected chi connectivity index (χ0v) is 13.6. The van der Waals surface area contributed by atoms with Crippen LogP contribution in [0.15, 0.2) is 24.3 Å². The summed E-state index contributed by atoms with van der Waals surface area (Å²) < 4.78 is 23.3. The molecule has 0 radical (unpaired) electrons. The van der Waals surface area contributed by atoms with Crippen LogP contribution in [0.4, 0.5) is 4.79 Å². The summed E-state index contributed by atoms with van der Waals surface area (Å²) in [6, 6.07) is 5.44. The van der Waals surface area contributed by atoms with E-state index in [1.165, 1.54) is 0 Å². The van der Waals surface area contributed by atoms with Crippen molar-refractivity contribution < 1.29 is 23.1 Å². The molecule has 2 fully saturated rings.